The molecule has 0 aromatic heterocycles. The summed E-state index contributed by atoms with van der Waals surface area (Å²) in [6, 6.07) is 11.1. The van der Waals surface area contributed by atoms with Gasteiger partial charge in [-0.25, -0.2) is 0 Å². The van der Waals surface area contributed by atoms with E-state index in [0.717, 1.165) is 37.2 Å². The van der Waals surface area contributed by atoms with Gasteiger partial charge in [-0.05, 0) is 81.9 Å². The molecule has 5 nitrogen and oxygen atoms in total. The second-order valence-electron chi connectivity index (χ2n) is 9.83. The van der Waals surface area contributed by atoms with Gasteiger partial charge >= 0.3 is 0 Å². The zero-order chi connectivity index (χ0) is 23.3. The van der Waals surface area contributed by atoms with Gasteiger partial charge in [0.2, 0.25) is 0 Å². The van der Waals surface area contributed by atoms with Crippen molar-refractivity contribution in [2.75, 3.05) is 19.7 Å². The Kier molecular flexibility index (Phi) is 7.59. The molecule has 1 heterocycles. The molecule has 4 rings (SSSR count). The van der Waals surface area contributed by atoms with Crippen molar-refractivity contribution >= 4 is 6.29 Å². The van der Waals surface area contributed by atoms with Crippen LogP contribution in [0.2, 0.25) is 0 Å². The van der Waals surface area contributed by atoms with Crippen molar-refractivity contribution in [3.63, 3.8) is 0 Å². The lowest BCUT2D eigenvalue weighted by Crippen LogP contribution is -2.51. The van der Waals surface area contributed by atoms with Gasteiger partial charge in [-0.15, -0.1) is 0 Å². The van der Waals surface area contributed by atoms with Gasteiger partial charge in [0.05, 0.1) is 17.2 Å². The Morgan fingerprint density at radius 3 is 2.24 bits per heavy atom. The smallest absolute Gasteiger partial charge is 0.154 e. The quantitative estimate of drug-likeness (QED) is 0.381. The van der Waals surface area contributed by atoms with E-state index < -0.39 is 0 Å². The lowest BCUT2D eigenvalue weighted by molar-refractivity contribution is 0.0442. The third kappa shape index (κ3) is 5.52. The molecule has 5 heteroatoms. The van der Waals surface area contributed by atoms with Crippen LogP contribution in [0.5, 0.6) is 17.2 Å². The topological polar surface area (TPSA) is 59.0 Å². The first-order valence-electron chi connectivity index (χ1n) is 12.5. The zero-order valence-electron chi connectivity index (χ0n) is 20.0. The third-order valence-corrected chi connectivity index (χ3v) is 7.11. The van der Waals surface area contributed by atoms with E-state index in [4.69, 9.17) is 9.47 Å². The largest absolute Gasteiger partial charge is 0.507 e. The number of aromatic hydroxyl groups is 1. The van der Waals surface area contributed by atoms with Gasteiger partial charge < -0.3 is 14.6 Å². The zero-order valence-corrected chi connectivity index (χ0v) is 20.0. The maximum absolute atomic E-state index is 11.8. The Morgan fingerprint density at radius 2 is 1.64 bits per heavy atom. The molecule has 1 saturated carbocycles. The van der Waals surface area contributed by atoms with Crippen LogP contribution in [0.15, 0.2) is 36.4 Å². The number of aldehydes is 1. The molecule has 1 aliphatic heterocycles. The number of hydrogen-bond acceptors (Lipinski definition) is 5. The number of likely N-dealkylation sites (tertiary alicyclic amines) is 1. The first-order chi connectivity index (χ1) is 16.0. The number of hydrogen-bond donors (Lipinski definition) is 1. The summed E-state index contributed by atoms with van der Waals surface area (Å²) in [6.07, 6.45) is 10.7. The molecule has 0 amide bonds. The highest BCUT2D eigenvalue weighted by molar-refractivity contribution is 5.91. The maximum Gasteiger partial charge on any atom is 0.154 e. The normalized spacial score (nSPS) is 18.8. The van der Waals surface area contributed by atoms with Crippen molar-refractivity contribution in [3.8, 4) is 28.4 Å². The second kappa shape index (κ2) is 10.6. The van der Waals surface area contributed by atoms with Crippen LogP contribution in [0.4, 0.5) is 0 Å². The Bertz CT molecular complexity index is 924. The van der Waals surface area contributed by atoms with Crippen molar-refractivity contribution in [1.82, 2.24) is 4.90 Å². The molecular formula is C28H37NO4. The summed E-state index contributed by atoms with van der Waals surface area (Å²) in [5, 5.41) is 10.6. The number of benzene rings is 2. The average Bonchev–Trinajstić information content (AvgIpc) is 3.24. The number of ether oxygens (including phenoxy) is 2. The van der Waals surface area contributed by atoms with Crippen LogP contribution in [0.3, 0.4) is 0 Å². The van der Waals surface area contributed by atoms with Crippen LogP contribution in [-0.4, -0.2) is 47.6 Å². The molecule has 0 atom stereocenters. The number of phenolic OH excluding ortho intramolecular Hbond substituents is 1. The Morgan fingerprint density at radius 1 is 0.970 bits per heavy atom. The van der Waals surface area contributed by atoms with Gasteiger partial charge in [0.25, 0.3) is 0 Å². The number of rotatable bonds is 8. The molecule has 0 spiro atoms. The summed E-state index contributed by atoms with van der Waals surface area (Å²) in [7, 11) is 0. The molecule has 1 N–H and O–H groups in total. The highest BCUT2D eigenvalue weighted by Gasteiger charge is 2.39. The molecule has 2 aromatic rings. The first kappa shape index (κ1) is 23.6. The maximum atomic E-state index is 11.8. The minimum atomic E-state index is -0.0453. The molecule has 0 radical (unpaired) electrons. The Labute approximate surface area is 197 Å². The van der Waals surface area contributed by atoms with E-state index in [2.05, 4.69) is 4.90 Å². The fourth-order valence-electron chi connectivity index (χ4n) is 5.39. The van der Waals surface area contributed by atoms with E-state index in [0.29, 0.717) is 24.2 Å². The van der Waals surface area contributed by atoms with Crippen molar-refractivity contribution in [3.05, 3.63) is 42.0 Å². The minimum absolute atomic E-state index is 0.0453. The summed E-state index contributed by atoms with van der Waals surface area (Å²) in [4.78, 5) is 14.4. The molecule has 178 valence electrons. The van der Waals surface area contributed by atoms with E-state index in [1.807, 2.05) is 44.2 Å². The standard InChI is InChI=1S/C28H37NO4/c1-21(2)33-23-11-9-22(10-12-23)25-17-24(18-27(31)26(25)19-30)32-20-28(29-15-7-8-16-29)13-5-3-4-6-14-28/h9-12,17-19,21,31H,3-8,13-16,20H2,1-2H3. The molecule has 0 bridgehead atoms. The molecule has 1 saturated heterocycles. The fourth-order valence-corrected chi connectivity index (χ4v) is 5.39. The van der Waals surface area contributed by atoms with E-state index in [-0.39, 0.29) is 23.0 Å². The average molecular weight is 452 g/mol. The molecule has 33 heavy (non-hydrogen) atoms. The second-order valence-corrected chi connectivity index (χ2v) is 9.83. The number of carbonyl (C=O) groups is 1. The summed E-state index contributed by atoms with van der Waals surface area (Å²) >= 11 is 0. The lowest BCUT2D eigenvalue weighted by atomic mass is 9.89. The highest BCUT2D eigenvalue weighted by Crippen LogP contribution is 2.38. The Hall–Kier alpha value is -2.53. The first-order valence-corrected chi connectivity index (χ1v) is 12.5. The van der Waals surface area contributed by atoms with Crippen LogP contribution in [0.1, 0.15) is 75.6 Å². The third-order valence-electron chi connectivity index (χ3n) is 7.11. The van der Waals surface area contributed by atoms with Crippen LogP contribution in [-0.2, 0) is 0 Å². The summed E-state index contributed by atoms with van der Waals surface area (Å²) in [5.41, 5.74) is 1.87. The van der Waals surface area contributed by atoms with Crippen molar-refractivity contribution in [1.29, 1.82) is 0 Å². The van der Waals surface area contributed by atoms with Gasteiger partial charge in [0, 0.05) is 6.07 Å². The predicted molar refractivity (Wildman–Crippen MR) is 131 cm³/mol. The number of nitrogens with zero attached hydrogens (tertiary/aromatic N) is 1. The predicted octanol–water partition coefficient (Wildman–Crippen LogP) is 6.23. The van der Waals surface area contributed by atoms with Gasteiger partial charge in [-0.2, -0.15) is 0 Å². The summed E-state index contributed by atoms with van der Waals surface area (Å²) in [6.45, 7) is 6.89. The number of carbonyl (C=O) groups excluding carboxylic acids is 1. The monoisotopic (exact) mass is 451 g/mol. The Balaban J connectivity index is 1.59. The van der Waals surface area contributed by atoms with Crippen molar-refractivity contribution < 1.29 is 19.4 Å². The van der Waals surface area contributed by atoms with Gasteiger partial charge in [-0.3, -0.25) is 9.69 Å². The van der Waals surface area contributed by atoms with E-state index in [1.54, 1.807) is 6.07 Å². The van der Waals surface area contributed by atoms with E-state index >= 15 is 0 Å². The van der Waals surface area contributed by atoms with Gasteiger partial charge in [-0.1, -0.05) is 37.8 Å². The minimum Gasteiger partial charge on any atom is -0.507 e. The van der Waals surface area contributed by atoms with Crippen molar-refractivity contribution in [2.45, 2.75) is 76.9 Å². The summed E-state index contributed by atoms with van der Waals surface area (Å²) in [5.74, 6) is 1.34. The lowest BCUT2D eigenvalue weighted by Gasteiger charge is -2.41. The molecule has 2 fully saturated rings. The van der Waals surface area contributed by atoms with Crippen LogP contribution in [0, 0.1) is 0 Å². The number of phenols is 1. The fraction of sp³-hybridized carbons (Fsp3) is 0.536. The van der Waals surface area contributed by atoms with Crippen molar-refractivity contribution in [2.24, 2.45) is 0 Å². The molecule has 1 aliphatic carbocycles. The van der Waals surface area contributed by atoms with E-state index in [9.17, 15) is 9.90 Å². The van der Waals surface area contributed by atoms with Crippen LogP contribution in [0.25, 0.3) is 11.1 Å². The highest BCUT2D eigenvalue weighted by atomic mass is 16.5. The van der Waals surface area contributed by atoms with Crippen LogP contribution >= 0.6 is 0 Å². The SMILES string of the molecule is CC(C)Oc1ccc(-c2cc(OCC3(N4CCCC4)CCCCCC3)cc(O)c2C=O)cc1. The van der Waals surface area contributed by atoms with Gasteiger partial charge in [0.1, 0.15) is 23.9 Å². The molecule has 2 aromatic carbocycles. The molecular weight excluding hydrogens is 414 g/mol. The van der Waals surface area contributed by atoms with Crippen LogP contribution < -0.4 is 9.47 Å². The molecule has 0 unspecified atom stereocenters. The molecule has 2 aliphatic rings. The summed E-state index contributed by atoms with van der Waals surface area (Å²) < 4.78 is 12.1. The van der Waals surface area contributed by atoms with Gasteiger partial charge in [0.15, 0.2) is 6.29 Å². The van der Waals surface area contributed by atoms with E-state index in [1.165, 1.54) is 38.5 Å².